The maximum atomic E-state index is 13.9. The molecular weight excluding hydrogens is 371 g/mol. The summed E-state index contributed by atoms with van der Waals surface area (Å²) in [6.07, 6.45) is 4.84. The van der Waals surface area contributed by atoms with Crippen molar-refractivity contribution in [2.45, 2.75) is 25.0 Å². The van der Waals surface area contributed by atoms with Gasteiger partial charge in [-0.2, -0.15) is 0 Å². The summed E-state index contributed by atoms with van der Waals surface area (Å²) >= 11 is 0. The van der Waals surface area contributed by atoms with Gasteiger partial charge in [-0.05, 0) is 48.2 Å². The molecule has 3 aromatic rings. The third-order valence-corrected chi connectivity index (χ3v) is 5.85. The lowest BCUT2D eigenvalue weighted by atomic mass is 9.84. The van der Waals surface area contributed by atoms with Crippen LogP contribution in [0.15, 0.2) is 53.6 Å². The zero-order valence-corrected chi connectivity index (χ0v) is 16.1. The number of halogens is 1. The molecule has 0 N–H and O–H groups in total. The molecule has 2 aliphatic rings. The Bertz CT molecular complexity index is 1120. The number of morpholine rings is 1. The molecule has 2 unspecified atom stereocenters. The molecule has 0 saturated carbocycles. The van der Waals surface area contributed by atoms with Crippen LogP contribution in [0.3, 0.4) is 0 Å². The van der Waals surface area contributed by atoms with E-state index < -0.39 is 0 Å². The van der Waals surface area contributed by atoms with Crippen molar-refractivity contribution in [3.8, 4) is 11.3 Å². The lowest BCUT2D eigenvalue weighted by molar-refractivity contribution is 0.00157. The maximum Gasteiger partial charge on any atom is 0.255 e. The summed E-state index contributed by atoms with van der Waals surface area (Å²) in [5, 5.41) is 0. The van der Waals surface area contributed by atoms with Crippen LogP contribution < -0.4 is 10.5 Å². The minimum absolute atomic E-state index is 0.00356. The topological polar surface area (TPSA) is 60.2 Å². The van der Waals surface area contributed by atoms with Gasteiger partial charge in [-0.1, -0.05) is 6.07 Å². The Hall–Kier alpha value is -3.06. The van der Waals surface area contributed by atoms with Gasteiger partial charge in [0.1, 0.15) is 11.9 Å². The fourth-order valence-electron chi connectivity index (χ4n) is 4.39. The lowest BCUT2D eigenvalue weighted by Gasteiger charge is -2.45. The first kappa shape index (κ1) is 18.0. The standard InChI is InChI=1S/C22H21FN4O2/c1-26-20(28)13-18(15-6-8-24-9-7-15)25-22(26)27-10-11-29-21-17-12-16(23)4-2-14(17)3-5-19(21)27/h2,4,6-9,12-13,19,21H,3,5,10-11H2,1H3. The average molecular weight is 392 g/mol. The van der Waals surface area contributed by atoms with Gasteiger partial charge < -0.3 is 9.64 Å². The van der Waals surface area contributed by atoms with Crippen LogP contribution in [-0.4, -0.2) is 33.7 Å². The van der Waals surface area contributed by atoms with Crippen molar-refractivity contribution in [1.82, 2.24) is 14.5 Å². The number of fused-ring (bicyclic) bond motifs is 3. The molecule has 1 fully saturated rings. The molecule has 7 heteroatoms. The number of benzene rings is 1. The number of rotatable bonds is 2. The number of nitrogens with zero attached hydrogens (tertiary/aromatic N) is 4. The number of aromatic nitrogens is 3. The van der Waals surface area contributed by atoms with E-state index in [0.29, 0.717) is 24.8 Å². The first-order valence-corrected chi connectivity index (χ1v) is 9.77. The molecule has 1 aliphatic carbocycles. The molecule has 2 aromatic heterocycles. The molecule has 6 nitrogen and oxygen atoms in total. The molecule has 148 valence electrons. The van der Waals surface area contributed by atoms with Crippen LogP contribution in [0.1, 0.15) is 23.7 Å². The van der Waals surface area contributed by atoms with E-state index in [9.17, 15) is 9.18 Å². The zero-order chi connectivity index (χ0) is 20.0. The van der Waals surface area contributed by atoms with E-state index in [4.69, 9.17) is 9.72 Å². The van der Waals surface area contributed by atoms with Crippen molar-refractivity contribution in [3.05, 3.63) is 76.1 Å². The molecule has 29 heavy (non-hydrogen) atoms. The Balaban J connectivity index is 1.58. The molecule has 1 aliphatic heterocycles. The van der Waals surface area contributed by atoms with Crippen molar-refractivity contribution in [3.63, 3.8) is 0 Å². The van der Waals surface area contributed by atoms with Gasteiger partial charge in [0.2, 0.25) is 5.95 Å². The largest absolute Gasteiger partial charge is 0.370 e. The monoisotopic (exact) mass is 392 g/mol. The van der Waals surface area contributed by atoms with E-state index in [0.717, 1.165) is 29.5 Å². The van der Waals surface area contributed by atoms with Crippen LogP contribution >= 0.6 is 0 Å². The van der Waals surface area contributed by atoms with Gasteiger partial charge in [0.05, 0.1) is 18.3 Å². The summed E-state index contributed by atoms with van der Waals surface area (Å²) in [6, 6.07) is 10.2. The second-order valence-electron chi connectivity index (χ2n) is 7.51. The Morgan fingerprint density at radius 1 is 1.17 bits per heavy atom. The highest BCUT2D eigenvalue weighted by atomic mass is 19.1. The van der Waals surface area contributed by atoms with Crippen LogP contribution in [0.5, 0.6) is 0 Å². The predicted octanol–water partition coefficient (Wildman–Crippen LogP) is 2.87. The number of hydrogen-bond acceptors (Lipinski definition) is 5. The predicted molar refractivity (Wildman–Crippen MR) is 107 cm³/mol. The van der Waals surface area contributed by atoms with E-state index >= 15 is 0 Å². The Morgan fingerprint density at radius 3 is 2.83 bits per heavy atom. The molecular formula is C22H21FN4O2. The van der Waals surface area contributed by atoms with Crippen LogP contribution in [0.25, 0.3) is 11.3 Å². The van der Waals surface area contributed by atoms with Gasteiger partial charge >= 0.3 is 0 Å². The molecule has 1 aromatic carbocycles. The molecule has 1 saturated heterocycles. The van der Waals surface area contributed by atoms with E-state index in [-0.39, 0.29) is 23.5 Å². The van der Waals surface area contributed by atoms with Crippen LogP contribution in [0.4, 0.5) is 10.3 Å². The summed E-state index contributed by atoms with van der Waals surface area (Å²) in [6.45, 7) is 1.12. The summed E-state index contributed by atoms with van der Waals surface area (Å²) in [5.41, 5.74) is 3.38. The maximum absolute atomic E-state index is 13.9. The molecule has 5 rings (SSSR count). The Kier molecular flexibility index (Phi) is 4.39. The molecule has 0 radical (unpaired) electrons. The highest BCUT2D eigenvalue weighted by Gasteiger charge is 2.39. The van der Waals surface area contributed by atoms with Gasteiger partial charge in [-0.3, -0.25) is 14.3 Å². The minimum atomic E-state index is -0.254. The Labute approximate surface area is 167 Å². The highest BCUT2D eigenvalue weighted by Crippen LogP contribution is 2.39. The smallest absolute Gasteiger partial charge is 0.255 e. The fraction of sp³-hybridized carbons (Fsp3) is 0.318. The third-order valence-electron chi connectivity index (χ3n) is 5.85. The van der Waals surface area contributed by atoms with Gasteiger partial charge in [0, 0.05) is 37.6 Å². The molecule has 0 amide bonds. The van der Waals surface area contributed by atoms with Crippen molar-refractivity contribution in [2.24, 2.45) is 7.05 Å². The van der Waals surface area contributed by atoms with Crippen LogP contribution in [0.2, 0.25) is 0 Å². The van der Waals surface area contributed by atoms with E-state index in [1.807, 2.05) is 18.2 Å². The first-order chi connectivity index (χ1) is 14.1. The van der Waals surface area contributed by atoms with Gasteiger partial charge in [-0.25, -0.2) is 9.37 Å². The van der Waals surface area contributed by atoms with E-state index in [1.165, 1.54) is 6.07 Å². The van der Waals surface area contributed by atoms with E-state index in [1.54, 1.807) is 36.1 Å². The summed E-state index contributed by atoms with van der Waals surface area (Å²) in [4.78, 5) is 23.7. The van der Waals surface area contributed by atoms with Crippen LogP contribution in [0, 0.1) is 5.82 Å². The first-order valence-electron chi connectivity index (χ1n) is 9.77. The molecule has 3 heterocycles. The SMILES string of the molecule is Cn1c(N2CCOC3c4cc(F)ccc4CCC32)nc(-c2ccncc2)cc1=O. The van der Waals surface area contributed by atoms with Crippen molar-refractivity contribution in [2.75, 3.05) is 18.1 Å². The van der Waals surface area contributed by atoms with Gasteiger partial charge in [0.15, 0.2) is 0 Å². The second-order valence-corrected chi connectivity index (χ2v) is 7.51. The number of hydrogen-bond donors (Lipinski definition) is 0. The van der Waals surface area contributed by atoms with Crippen molar-refractivity contribution in [1.29, 1.82) is 0 Å². The number of anilines is 1. The zero-order valence-electron chi connectivity index (χ0n) is 16.1. The average Bonchev–Trinajstić information content (AvgIpc) is 2.75. The Morgan fingerprint density at radius 2 is 2.00 bits per heavy atom. The lowest BCUT2D eigenvalue weighted by Crippen LogP contribution is -2.51. The number of ether oxygens (including phenoxy) is 1. The normalized spacial score (nSPS) is 20.8. The number of pyridine rings is 1. The van der Waals surface area contributed by atoms with Crippen molar-refractivity contribution >= 4 is 5.95 Å². The van der Waals surface area contributed by atoms with Crippen LogP contribution in [-0.2, 0) is 18.2 Å². The second kappa shape index (κ2) is 7.08. The van der Waals surface area contributed by atoms with E-state index in [2.05, 4.69) is 9.88 Å². The quantitative estimate of drug-likeness (QED) is 0.671. The molecule has 2 atom stereocenters. The summed E-state index contributed by atoms with van der Waals surface area (Å²) in [5.74, 6) is 0.359. The van der Waals surface area contributed by atoms with Gasteiger partial charge in [0.25, 0.3) is 5.56 Å². The number of aryl methyl sites for hydroxylation is 1. The fourth-order valence-corrected chi connectivity index (χ4v) is 4.39. The molecule has 0 spiro atoms. The van der Waals surface area contributed by atoms with Crippen molar-refractivity contribution < 1.29 is 9.13 Å². The summed E-state index contributed by atoms with van der Waals surface area (Å²) in [7, 11) is 1.74. The van der Waals surface area contributed by atoms with Gasteiger partial charge in [-0.15, -0.1) is 0 Å². The third kappa shape index (κ3) is 3.11. The highest BCUT2D eigenvalue weighted by molar-refractivity contribution is 5.59. The molecule has 0 bridgehead atoms. The minimum Gasteiger partial charge on any atom is -0.370 e. The summed E-state index contributed by atoms with van der Waals surface area (Å²) < 4.78 is 21.5.